The van der Waals surface area contributed by atoms with E-state index in [1.54, 1.807) is 6.08 Å². The number of amides is 2. The number of allylic oxidation sites excluding steroid dienone is 3. The van der Waals surface area contributed by atoms with Gasteiger partial charge in [0.15, 0.2) is 0 Å². The number of carbonyl (C=O) groups excluding carboxylic acids is 2. The van der Waals surface area contributed by atoms with E-state index in [4.69, 9.17) is 0 Å². The lowest BCUT2D eigenvalue weighted by Crippen LogP contribution is -2.32. The maximum absolute atomic E-state index is 11.4. The molecule has 2 amide bonds. The summed E-state index contributed by atoms with van der Waals surface area (Å²) in [5.41, 5.74) is 0.565. The molecule has 0 fully saturated rings. The molecular formula is C11H11NO3. The van der Waals surface area contributed by atoms with Crippen LogP contribution in [0.4, 0.5) is 0 Å². The predicted octanol–water partition coefficient (Wildman–Crippen LogP) is 1.28. The van der Waals surface area contributed by atoms with Crippen LogP contribution in [0.5, 0.6) is 0 Å². The highest BCUT2D eigenvalue weighted by molar-refractivity contribution is 6.14. The van der Waals surface area contributed by atoms with Crippen molar-refractivity contribution in [2.24, 2.45) is 5.92 Å². The number of carbonyl (C=O) groups is 2. The Labute approximate surface area is 87.2 Å². The molecule has 4 nitrogen and oxygen atoms in total. The van der Waals surface area contributed by atoms with Gasteiger partial charge in [-0.2, -0.15) is 0 Å². The third-order valence-corrected chi connectivity index (χ3v) is 2.55. The first-order valence-corrected chi connectivity index (χ1v) is 4.76. The van der Waals surface area contributed by atoms with Gasteiger partial charge in [0.25, 0.3) is 11.8 Å². The summed E-state index contributed by atoms with van der Waals surface area (Å²) in [4.78, 5) is 23.9. The molecule has 1 aliphatic heterocycles. The van der Waals surface area contributed by atoms with Crippen LogP contribution in [0.2, 0.25) is 0 Å². The maximum Gasteiger partial charge on any atom is 0.257 e. The molecule has 1 atom stereocenters. The molecule has 0 bridgehead atoms. The van der Waals surface area contributed by atoms with Crippen LogP contribution < -0.4 is 0 Å². The molecule has 4 heteroatoms. The summed E-state index contributed by atoms with van der Waals surface area (Å²) >= 11 is 0. The second-order valence-corrected chi connectivity index (χ2v) is 3.68. The van der Waals surface area contributed by atoms with Crippen molar-refractivity contribution in [3.8, 4) is 0 Å². The Morgan fingerprint density at radius 3 is 2.53 bits per heavy atom. The van der Waals surface area contributed by atoms with Gasteiger partial charge in [-0.1, -0.05) is 6.92 Å². The topological polar surface area (TPSA) is 57.6 Å². The van der Waals surface area contributed by atoms with Crippen molar-refractivity contribution < 1.29 is 14.7 Å². The van der Waals surface area contributed by atoms with Gasteiger partial charge in [-0.25, -0.2) is 4.90 Å². The maximum atomic E-state index is 11.4. The Kier molecular flexibility index (Phi) is 2.19. The van der Waals surface area contributed by atoms with E-state index >= 15 is 0 Å². The van der Waals surface area contributed by atoms with Gasteiger partial charge in [-0.3, -0.25) is 9.59 Å². The van der Waals surface area contributed by atoms with E-state index in [1.807, 2.05) is 6.92 Å². The SMILES string of the molecule is CC1CC=C(O)C=C1N1C(=O)C=CC1=O. The molecule has 2 aliphatic rings. The fourth-order valence-electron chi connectivity index (χ4n) is 1.71. The fourth-order valence-corrected chi connectivity index (χ4v) is 1.71. The molecule has 0 spiro atoms. The van der Waals surface area contributed by atoms with Crippen LogP contribution in [0.1, 0.15) is 13.3 Å². The normalized spacial score (nSPS) is 25.7. The number of nitrogens with zero attached hydrogens (tertiary/aromatic N) is 1. The smallest absolute Gasteiger partial charge is 0.257 e. The zero-order valence-electron chi connectivity index (χ0n) is 8.30. The summed E-state index contributed by atoms with van der Waals surface area (Å²) in [5.74, 6) is -0.509. The quantitative estimate of drug-likeness (QED) is 0.656. The first-order chi connectivity index (χ1) is 7.09. The Morgan fingerprint density at radius 2 is 1.93 bits per heavy atom. The summed E-state index contributed by atoms with van der Waals surface area (Å²) in [5, 5.41) is 9.35. The lowest BCUT2D eigenvalue weighted by molar-refractivity contribution is -0.134. The van der Waals surface area contributed by atoms with E-state index in [0.717, 1.165) is 4.90 Å². The molecule has 1 aliphatic carbocycles. The summed E-state index contributed by atoms with van der Waals surface area (Å²) in [6, 6.07) is 0. The Morgan fingerprint density at radius 1 is 1.33 bits per heavy atom. The molecule has 0 radical (unpaired) electrons. The van der Waals surface area contributed by atoms with Gasteiger partial charge in [0.05, 0.1) is 0 Å². The van der Waals surface area contributed by atoms with Gasteiger partial charge in [-0.05, 0) is 18.6 Å². The van der Waals surface area contributed by atoms with E-state index in [2.05, 4.69) is 0 Å². The number of aliphatic hydroxyl groups is 1. The van der Waals surface area contributed by atoms with Crippen LogP contribution >= 0.6 is 0 Å². The standard InChI is InChI=1S/C11H11NO3/c1-7-2-3-8(13)6-9(7)12-10(14)4-5-11(12)15/h3-7,13H,2H2,1H3. The van der Waals surface area contributed by atoms with Crippen LogP contribution in [0.15, 0.2) is 35.8 Å². The molecule has 0 aromatic heterocycles. The van der Waals surface area contributed by atoms with E-state index in [9.17, 15) is 14.7 Å². The highest BCUT2D eigenvalue weighted by atomic mass is 16.3. The highest BCUT2D eigenvalue weighted by Crippen LogP contribution is 2.27. The second kappa shape index (κ2) is 3.38. The molecule has 2 rings (SSSR count). The minimum atomic E-state index is -0.340. The monoisotopic (exact) mass is 205 g/mol. The van der Waals surface area contributed by atoms with Crippen molar-refractivity contribution in [2.45, 2.75) is 13.3 Å². The van der Waals surface area contributed by atoms with Crippen molar-refractivity contribution in [1.29, 1.82) is 0 Å². The van der Waals surface area contributed by atoms with Gasteiger partial charge >= 0.3 is 0 Å². The summed E-state index contributed by atoms with van der Waals surface area (Å²) < 4.78 is 0. The molecule has 78 valence electrons. The van der Waals surface area contributed by atoms with Crippen LogP contribution in [0.25, 0.3) is 0 Å². The molecule has 0 saturated heterocycles. The molecule has 0 aromatic rings. The first kappa shape index (κ1) is 9.71. The molecule has 1 heterocycles. The lowest BCUT2D eigenvalue weighted by atomic mass is 9.97. The minimum Gasteiger partial charge on any atom is -0.508 e. The zero-order chi connectivity index (χ0) is 11.0. The molecule has 15 heavy (non-hydrogen) atoms. The molecule has 0 saturated carbocycles. The average Bonchev–Trinajstić information content (AvgIpc) is 2.51. The first-order valence-electron chi connectivity index (χ1n) is 4.76. The molecule has 1 N–H and O–H groups in total. The summed E-state index contributed by atoms with van der Waals surface area (Å²) in [6.07, 6.45) is 6.26. The third-order valence-electron chi connectivity index (χ3n) is 2.55. The van der Waals surface area contributed by atoms with Gasteiger partial charge in [0.1, 0.15) is 5.76 Å². The van der Waals surface area contributed by atoms with E-state index in [1.165, 1.54) is 18.2 Å². The van der Waals surface area contributed by atoms with Crippen LogP contribution in [0.3, 0.4) is 0 Å². The Hall–Kier alpha value is -1.84. The van der Waals surface area contributed by atoms with Crippen LogP contribution in [-0.2, 0) is 9.59 Å². The number of hydrogen-bond acceptors (Lipinski definition) is 3. The van der Waals surface area contributed by atoms with Crippen LogP contribution in [-0.4, -0.2) is 21.8 Å². The van der Waals surface area contributed by atoms with E-state index in [-0.39, 0.29) is 23.5 Å². The van der Waals surface area contributed by atoms with Crippen molar-refractivity contribution in [1.82, 2.24) is 4.90 Å². The average molecular weight is 205 g/mol. The highest BCUT2D eigenvalue weighted by Gasteiger charge is 2.30. The Balaban J connectivity index is 2.34. The summed E-state index contributed by atoms with van der Waals surface area (Å²) in [7, 11) is 0. The predicted molar refractivity (Wildman–Crippen MR) is 53.6 cm³/mol. The third kappa shape index (κ3) is 1.58. The van der Waals surface area contributed by atoms with E-state index < -0.39 is 0 Å². The lowest BCUT2D eigenvalue weighted by Gasteiger charge is -2.25. The molecule has 1 unspecified atom stereocenters. The largest absolute Gasteiger partial charge is 0.508 e. The van der Waals surface area contributed by atoms with Crippen molar-refractivity contribution in [2.75, 3.05) is 0 Å². The molecule has 0 aromatic carbocycles. The number of aliphatic hydroxyl groups excluding tert-OH is 1. The van der Waals surface area contributed by atoms with Gasteiger partial charge in [-0.15, -0.1) is 0 Å². The van der Waals surface area contributed by atoms with Crippen molar-refractivity contribution in [3.63, 3.8) is 0 Å². The van der Waals surface area contributed by atoms with Gasteiger partial charge in [0, 0.05) is 23.8 Å². The molecular weight excluding hydrogens is 194 g/mol. The zero-order valence-corrected chi connectivity index (χ0v) is 8.30. The van der Waals surface area contributed by atoms with Crippen molar-refractivity contribution >= 4 is 11.8 Å². The fraction of sp³-hybridized carbons (Fsp3) is 0.273. The van der Waals surface area contributed by atoms with Gasteiger partial charge in [0.2, 0.25) is 0 Å². The number of imide groups is 1. The second-order valence-electron chi connectivity index (χ2n) is 3.68. The van der Waals surface area contributed by atoms with Gasteiger partial charge < -0.3 is 5.11 Å². The number of rotatable bonds is 1. The summed E-state index contributed by atoms with van der Waals surface area (Å²) in [6.45, 7) is 1.91. The Bertz CT molecular complexity index is 400. The van der Waals surface area contributed by atoms with Crippen molar-refractivity contribution in [3.05, 3.63) is 35.8 Å². The van der Waals surface area contributed by atoms with Crippen LogP contribution in [0, 0.1) is 5.92 Å². The minimum absolute atomic E-state index is 0.0636. The number of hydrogen-bond donors (Lipinski definition) is 1. The van der Waals surface area contributed by atoms with E-state index in [0.29, 0.717) is 12.1 Å².